The van der Waals surface area contributed by atoms with Gasteiger partial charge in [0, 0.05) is 37.7 Å². The van der Waals surface area contributed by atoms with Gasteiger partial charge in [0.15, 0.2) is 0 Å². The number of likely N-dealkylation sites (tertiary alicyclic amines) is 1. The molecule has 0 aliphatic carbocycles. The fourth-order valence-corrected chi connectivity index (χ4v) is 3.34. The SMILES string of the molecule is COc1ccc(CNC(=O)C2CC(=O)N(Cc3ccc(C)cc3)C2)c(OC)c1. The molecule has 0 bridgehead atoms. The number of aryl methyl sites for hydroxylation is 1. The number of methoxy groups -OCH3 is 2. The number of hydrogen-bond donors (Lipinski definition) is 1. The van der Waals surface area contributed by atoms with Crippen LogP contribution < -0.4 is 14.8 Å². The van der Waals surface area contributed by atoms with Crippen molar-refractivity contribution in [2.24, 2.45) is 5.92 Å². The highest BCUT2D eigenvalue weighted by Gasteiger charge is 2.34. The average Bonchev–Trinajstić information content (AvgIpc) is 3.08. The third-order valence-corrected chi connectivity index (χ3v) is 5.03. The number of benzene rings is 2. The van der Waals surface area contributed by atoms with Gasteiger partial charge < -0.3 is 19.7 Å². The molecule has 28 heavy (non-hydrogen) atoms. The van der Waals surface area contributed by atoms with Crippen LogP contribution in [0.5, 0.6) is 11.5 Å². The molecular weight excluding hydrogens is 356 g/mol. The minimum Gasteiger partial charge on any atom is -0.497 e. The summed E-state index contributed by atoms with van der Waals surface area (Å²) in [5.74, 6) is 0.922. The maximum Gasteiger partial charge on any atom is 0.225 e. The van der Waals surface area contributed by atoms with Gasteiger partial charge in [-0.25, -0.2) is 0 Å². The Hall–Kier alpha value is -3.02. The van der Waals surface area contributed by atoms with Crippen LogP contribution >= 0.6 is 0 Å². The summed E-state index contributed by atoms with van der Waals surface area (Å²) < 4.78 is 10.5. The number of nitrogens with zero attached hydrogens (tertiary/aromatic N) is 1. The molecule has 2 aromatic rings. The second kappa shape index (κ2) is 8.78. The van der Waals surface area contributed by atoms with Crippen LogP contribution in [-0.2, 0) is 22.7 Å². The zero-order valence-corrected chi connectivity index (χ0v) is 16.5. The first-order valence-electron chi connectivity index (χ1n) is 9.32. The lowest BCUT2D eigenvalue weighted by Gasteiger charge is -2.17. The Morgan fingerprint density at radius 2 is 1.89 bits per heavy atom. The summed E-state index contributed by atoms with van der Waals surface area (Å²) in [5.41, 5.74) is 3.11. The number of carbonyl (C=O) groups excluding carboxylic acids is 2. The largest absolute Gasteiger partial charge is 0.497 e. The highest BCUT2D eigenvalue weighted by atomic mass is 16.5. The second-order valence-corrected chi connectivity index (χ2v) is 7.06. The summed E-state index contributed by atoms with van der Waals surface area (Å²) in [4.78, 5) is 26.6. The summed E-state index contributed by atoms with van der Waals surface area (Å²) in [6.45, 7) is 3.35. The third kappa shape index (κ3) is 4.63. The lowest BCUT2D eigenvalue weighted by molar-refractivity contribution is -0.129. The van der Waals surface area contributed by atoms with Crippen LogP contribution in [-0.4, -0.2) is 37.5 Å². The van der Waals surface area contributed by atoms with Crippen molar-refractivity contribution in [3.8, 4) is 11.5 Å². The summed E-state index contributed by atoms with van der Waals surface area (Å²) >= 11 is 0. The van der Waals surface area contributed by atoms with E-state index in [0.29, 0.717) is 31.1 Å². The molecule has 2 amide bonds. The molecule has 1 fully saturated rings. The first kappa shape index (κ1) is 19.7. The monoisotopic (exact) mass is 382 g/mol. The van der Waals surface area contributed by atoms with Gasteiger partial charge in [0.25, 0.3) is 0 Å². The molecule has 1 heterocycles. The minimum absolute atomic E-state index is 0.0164. The molecule has 3 rings (SSSR count). The molecule has 1 aliphatic heterocycles. The van der Waals surface area contributed by atoms with Crippen molar-refractivity contribution in [2.45, 2.75) is 26.4 Å². The predicted octanol–water partition coefficient (Wildman–Crippen LogP) is 2.68. The van der Waals surface area contributed by atoms with Crippen LogP contribution in [0.2, 0.25) is 0 Å². The van der Waals surface area contributed by atoms with Crippen molar-refractivity contribution in [1.29, 1.82) is 0 Å². The summed E-state index contributed by atoms with van der Waals surface area (Å²) in [7, 11) is 3.17. The fraction of sp³-hybridized carbons (Fsp3) is 0.364. The van der Waals surface area contributed by atoms with E-state index >= 15 is 0 Å². The van der Waals surface area contributed by atoms with Gasteiger partial charge in [0.2, 0.25) is 11.8 Å². The predicted molar refractivity (Wildman–Crippen MR) is 106 cm³/mol. The van der Waals surface area contributed by atoms with E-state index in [9.17, 15) is 9.59 Å². The Morgan fingerprint density at radius 3 is 2.57 bits per heavy atom. The number of ether oxygens (including phenoxy) is 2. The maximum atomic E-state index is 12.6. The lowest BCUT2D eigenvalue weighted by atomic mass is 10.1. The van der Waals surface area contributed by atoms with Crippen molar-refractivity contribution in [2.75, 3.05) is 20.8 Å². The van der Waals surface area contributed by atoms with E-state index in [-0.39, 0.29) is 24.2 Å². The van der Waals surface area contributed by atoms with Crippen molar-refractivity contribution in [3.05, 3.63) is 59.2 Å². The van der Waals surface area contributed by atoms with Gasteiger partial charge in [0.1, 0.15) is 11.5 Å². The van der Waals surface area contributed by atoms with Gasteiger partial charge in [-0.05, 0) is 24.6 Å². The van der Waals surface area contributed by atoms with Crippen LogP contribution in [0.3, 0.4) is 0 Å². The van der Waals surface area contributed by atoms with Crippen LogP contribution in [0.15, 0.2) is 42.5 Å². The molecule has 0 aromatic heterocycles. The Morgan fingerprint density at radius 1 is 1.14 bits per heavy atom. The molecule has 1 saturated heterocycles. The highest BCUT2D eigenvalue weighted by Crippen LogP contribution is 2.25. The number of rotatable bonds is 7. The van der Waals surface area contributed by atoms with Crippen molar-refractivity contribution >= 4 is 11.8 Å². The zero-order chi connectivity index (χ0) is 20.1. The molecule has 1 aliphatic rings. The number of amides is 2. The molecule has 1 unspecified atom stereocenters. The third-order valence-electron chi connectivity index (χ3n) is 5.03. The topological polar surface area (TPSA) is 67.9 Å². The molecule has 148 valence electrons. The summed E-state index contributed by atoms with van der Waals surface area (Å²) in [6, 6.07) is 13.6. The van der Waals surface area contributed by atoms with Crippen LogP contribution in [0, 0.1) is 12.8 Å². The zero-order valence-electron chi connectivity index (χ0n) is 16.5. The van der Waals surface area contributed by atoms with Crippen LogP contribution in [0.1, 0.15) is 23.1 Å². The van der Waals surface area contributed by atoms with Crippen LogP contribution in [0.25, 0.3) is 0 Å². The van der Waals surface area contributed by atoms with Gasteiger partial charge >= 0.3 is 0 Å². The van der Waals surface area contributed by atoms with Gasteiger partial charge in [-0.15, -0.1) is 0 Å². The van der Waals surface area contributed by atoms with Crippen molar-refractivity contribution < 1.29 is 19.1 Å². The smallest absolute Gasteiger partial charge is 0.225 e. The highest BCUT2D eigenvalue weighted by molar-refractivity contribution is 5.89. The number of hydrogen-bond acceptors (Lipinski definition) is 4. The summed E-state index contributed by atoms with van der Waals surface area (Å²) in [5, 5.41) is 2.93. The van der Waals surface area contributed by atoms with Gasteiger partial charge in [-0.2, -0.15) is 0 Å². The number of nitrogens with one attached hydrogen (secondary N) is 1. The minimum atomic E-state index is -0.331. The molecular formula is C22H26N2O4. The Labute approximate surface area is 165 Å². The van der Waals surface area contributed by atoms with Gasteiger partial charge in [-0.3, -0.25) is 9.59 Å². The standard InChI is InChI=1S/C22H26N2O4/c1-15-4-6-16(7-5-15)13-24-14-18(10-21(24)25)22(26)23-12-17-8-9-19(27-2)11-20(17)28-3/h4-9,11,18H,10,12-14H2,1-3H3,(H,23,26). The molecule has 0 radical (unpaired) electrons. The van der Waals surface area contributed by atoms with Gasteiger partial charge in [-0.1, -0.05) is 29.8 Å². The number of carbonyl (C=O) groups is 2. The molecule has 0 saturated carbocycles. The fourth-order valence-electron chi connectivity index (χ4n) is 3.34. The van der Waals surface area contributed by atoms with E-state index in [1.807, 2.05) is 43.3 Å². The quantitative estimate of drug-likeness (QED) is 0.799. The summed E-state index contributed by atoms with van der Waals surface area (Å²) in [6.07, 6.45) is 0.247. The van der Waals surface area contributed by atoms with E-state index in [1.54, 1.807) is 25.2 Å². The Bertz CT molecular complexity index is 848. The normalized spacial score (nSPS) is 16.2. The molecule has 6 nitrogen and oxygen atoms in total. The molecule has 1 atom stereocenters. The van der Waals surface area contributed by atoms with Gasteiger partial charge in [0.05, 0.1) is 20.1 Å². The van der Waals surface area contributed by atoms with E-state index < -0.39 is 0 Å². The van der Waals surface area contributed by atoms with Crippen molar-refractivity contribution in [1.82, 2.24) is 10.2 Å². The van der Waals surface area contributed by atoms with E-state index in [1.165, 1.54) is 5.56 Å². The average molecular weight is 382 g/mol. The second-order valence-electron chi connectivity index (χ2n) is 7.06. The van der Waals surface area contributed by atoms with E-state index in [0.717, 1.165) is 11.1 Å². The molecule has 1 N–H and O–H groups in total. The van der Waals surface area contributed by atoms with Crippen LogP contribution in [0.4, 0.5) is 0 Å². The Kier molecular flexibility index (Phi) is 6.19. The van der Waals surface area contributed by atoms with E-state index in [4.69, 9.17) is 9.47 Å². The first-order valence-corrected chi connectivity index (χ1v) is 9.32. The molecule has 6 heteroatoms. The van der Waals surface area contributed by atoms with Crippen molar-refractivity contribution in [3.63, 3.8) is 0 Å². The molecule has 2 aromatic carbocycles. The molecule has 0 spiro atoms. The lowest BCUT2D eigenvalue weighted by Crippen LogP contribution is -2.32. The maximum absolute atomic E-state index is 12.6. The first-order chi connectivity index (χ1) is 13.5. The van der Waals surface area contributed by atoms with E-state index in [2.05, 4.69) is 5.32 Å². The Balaban J connectivity index is 1.56.